The van der Waals surface area contributed by atoms with E-state index in [4.69, 9.17) is 10.9 Å². The number of hydrazone groups is 1. The third kappa shape index (κ3) is 4.42. The van der Waals surface area contributed by atoms with Gasteiger partial charge < -0.3 is 5.73 Å². The SMILES string of the molecule is NC1C(=Cc2cccc(C=CS(N)(=O)=O)c2)C=NN1c1ccc(F)cc1. The summed E-state index contributed by atoms with van der Waals surface area (Å²) in [5, 5.41) is 11.8. The summed E-state index contributed by atoms with van der Waals surface area (Å²) in [6, 6.07) is 13.1. The predicted molar refractivity (Wildman–Crippen MR) is 102 cm³/mol. The van der Waals surface area contributed by atoms with Gasteiger partial charge in [-0.25, -0.2) is 23.0 Å². The molecule has 1 aliphatic rings. The third-order valence-corrected chi connectivity index (χ3v) is 4.24. The molecule has 8 heteroatoms. The lowest BCUT2D eigenvalue weighted by molar-refractivity contribution is 0.606. The average molecular weight is 372 g/mol. The lowest BCUT2D eigenvalue weighted by Crippen LogP contribution is -2.36. The van der Waals surface area contributed by atoms with Crippen LogP contribution in [0.3, 0.4) is 0 Å². The second-order valence-corrected chi connectivity index (χ2v) is 7.17. The van der Waals surface area contributed by atoms with E-state index in [-0.39, 0.29) is 5.82 Å². The average Bonchev–Trinajstić information content (AvgIpc) is 2.94. The molecule has 0 fully saturated rings. The molecule has 6 nitrogen and oxygen atoms in total. The summed E-state index contributed by atoms with van der Waals surface area (Å²) in [5.74, 6) is -0.328. The van der Waals surface area contributed by atoms with Crippen molar-refractivity contribution in [1.82, 2.24) is 0 Å². The van der Waals surface area contributed by atoms with E-state index in [2.05, 4.69) is 5.10 Å². The van der Waals surface area contributed by atoms with E-state index in [1.165, 1.54) is 18.2 Å². The van der Waals surface area contributed by atoms with Gasteiger partial charge in [-0.15, -0.1) is 0 Å². The summed E-state index contributed by atoms with van der Waals surface area (Å²) in [7, 11) is -3.68. The van der Waals surface area contributed by atoms with E-state index in [1.807, 2.05) is 12.1 Å². The summed E-state index contributed by atoms with van der Waals surface area (Å²) in [4.78, 5) is 0. The van der Waals surface area contributed by atoms with Crippen LogP contribution in [0.25, 0.3) is 12.2 Å². The summed E-state index contributed by atoms with van der Waals surface area (Å²) in [6.45, 7) is 0. The van der Waals surface area contributed by atoms with Gasteiger partial charge in [-0.05, 0) is 53.6 Å². The van der Waals surface area contributed by atoms with Gasteiger partial charge in [-0.1, -0.05) is 18.2 Å². The van der Waals surface area contributed by atoms with Crippen LogP contribution >= 0.6 is 0 Å². The highest BCUT2D eigenvalue weighted by atomic mass is 32.2. The first kappa shape index (κ1) is 18.0. The zero-order valence-corrected chi connectivity index (χ0v) is 14.5. The standard InChI is InChI=1S/C18H17FN4O2S/c19-16-4-6-17(7-5-16)23-18(20)15(12-22-23)11-14-3-1-2-13(10-14)8-9-26(21,24)25/h1-12,18H,20H2,(H2,21,24,25). The van der Waals surface area contributed by atoms with Crippen LogP contribution in [0.2, 0.25) is 0 Å². The predicted octanol–water partition coefficient (Wildman–Crippen LogP) is 2.26. The minimum atomic E-state index is -3.68. The van der Waals surface area contributed by atoms with Crippen LogP contribution in [0.4, 0.5) is 10.1 Å². The van der Waals surface area contributed by atoms with Gasteiger partial charge in [0.1, 0.15) is 12.0 Å². The summed E-state index contributed by atoms with van der Waals surface area (Å²) >= 11 is 0. The Morgan fingerprint density at radius 1 is 1.12 bits per heavy atom. The number of hydrogen-bond donors (Lipinski definition) is 2. The lowest BCUT2D eigenvalue weighted by atomic mass is 10.1. The fourth-order valence-corrected chi connectivity index (χ4v) is 2.83. The molecule has 2 aromatic rings. The third-order valence-electron chi connectivity index (χ3n) is 3.72. The Hall–Kier alpha value is -2.81. The first-order valence-corrected chi connectivity index (χ1v) is 9.30. The van der Waals surface area contributed by atoms with Crippen molar-refractivity contribution in [3.05, 3.63) is 76.5 Å². The molecular formula is C18H17FN4O2S. The van der Waals surface area contributed by atoms with Gasteiger partial charge in [-0.3, -0.25) is 0 Å². The van der Waals surface area contributed by atoms with Crippen molar-refractivity contribution in [2.75, 3.05) is 5.01 Å². The summed E-state index contributed by atoms with van der Waals surface area (Å²) in [6.07, 6.45) is 4.40. The number of rotatable bonds is 4. The maximum atomic E-state index is 13.1. The summed E-state index contributed by atoms with van der Waals surface area (Å²) in [5.41, 5.74) is 9.19. The number of primary sulfonamides is 1. The van der Waals surface area contributed by atoms with Crippen LogP contribution in [0.15, 0.2) is 64.6 Å². The van der Waals surface area contributed by atoms with Crippen LogP contribution in [0.5, 0.6) is 0 Å². The van der Waals surface area contributed by atoms with Gasteiger partial charge >= 0.3 is 0 Å². The molecular weight excluding hydrogens is 355 g/mol. The van der Waals surface area contributed by atoms with Crippen molar-refractivity contribution < 1.29 is 12.8 Å². The number of sulfonamides is 1. The van der Waals surface area contributed by atoms with E-state index >= 15 is 0 Å². The van der Waals surface area contributed by atoms with E-state index in [1.54, 1.807) is 41.6 Å². The summed E-state index contributed by atoms with van der Waals surface area (Å²) < 4.78 is 35.1. The fourth-order valence-electron chi connectivity index (χ4n) is 2.48. The fraction of sp³-hybridized carbons (Fsp3) is 0.0556. The first-order valence-electron chi connectivity index (χ1n) is 7.69. The molecule has 1 heterocycles. The van der Waals surface area contributed by atoms with E-state index in [9.17, 15) is 12.8 Å². The maximum Gasteiger partial charge on any atom is 0.231 e. The Labute approximate surface area is 151 Å². The molecule has 0 aromatic heterocycles. The van der Waals surface area contributed by atoms with Crippen molar-refractivity contribution in [2.45, 2.75) is 6.17 Å². The highest BCUT2D eigenvalue weighted by Gasteiger charge is 2.23. The van der Waals surface area contributed by atoms with Crippen molar-refractivity contribution in [3.63, 3.8) is 0 Å². The largest absolute Gasteiger partial charge is 0.306 e. The number of halogens is 1. The molecule has 134 valence electrons. The molecule has 0 radical (unpaired) electrons. The molecule has 0 saturated heterocycles. The van der Waals surface area contributed by atoms with Crippen LogP contribution < -0.4 is 15.9 Å². The normalized spacial score (nSPS) is 19.0. The number of nitrogens with zero attached hydrogens (tertiary/aromatic N) is 2. The zero-order valence-electron chi connectivity index (χ0n) is 13.7. The molecule has 0 spiro atoms. The van der Waals surface area contributed by atoms with E-state index < -0.39 is 16.2 Å². The highest BCUT2D eigenvalue weighted by Crippen LogP contribution is 2.24. The molecule has 0 aliphatic carbocycles. The van der Waals surface area contributed by atoms with Gasteiger partial charge in [0, 0.05) is 11.0 Å². The van der Waals surface area contributed by atoms with Crippen LogP contribution in [-0.2, 0) is 10.0 Å². The van der Waals surface area contributed by atoms with Gasteiger partial charge in [0.2, 0.25) is 10.0 Å². The van der Waals surface area contributed by atoms with Crippen LogP contribution in [0.1, 0.15) is 11.1 Å². The maximum absolute atomic E-state index is 13.1. The monoisotopic (exact) mass is 372 g/mol. The lowest BCUT2D eigenvalue weighted by Gasteiger charge is -2.20. The van der Waals surface area contributed by atoms with Crippen molar-refractivity contribution >= 4 is 34.1 Å². The first-order chi connectivity index (χ1) is 12.3. The number of nitrogens with two attached hydrogens (primary N) is 2. The quantitative estimate of drug-likeness (QED) is 0.859. The second-order valence-electron chi connectivity index (χ2n) is 5.72. The second kappa shape index (κ2) is 7.20. The smallest absolute Gasteiger partial charge is 0.231 e. The van der Waals surface area contributed by atoms with Gasteiger partial charge in [0.25, 0.3) is 0 Å². The molecule has 4 N–H and O–H groups in total. The molecule has 0 saturated carbocycles. The molecule has 1 aliphatic heterocycles. The van der Waals surface area contributed by atoms with Crippen molar-refractivity contribution in [3.8, 4) is 0 Å². The number of hydrogen-bond acceptors (Lipinski definition) is 5. The Bertz CT molecular complexity index is 998. The zero-order chi connectivity index (χ0) is 18.7. The Balaban J connectivity index is 1.82. The minimum absolute atomic E-state index is 0.328. The molecule has 0 amide bonds. The molecule has 3 rings (SSSR count). The Kier molecular flexibility index (Phi) is 4.99. The van der Waals surface area contributed by atoms with Gasteiger partial charge in [0.15, 0.2) is 0 Å². The minimum Gasteiger partial charge on any atom is -0.306 e. The topological polar surface area (TPSA) is 102 Å². The molecule has 0 bridgehead atoms. The number of anilines is 1. The van der Waals surface area contributed by atoms with Gasteiger partial charge in [0.05, 0.1) is 11.9 Å². The Morgan fingerprint density at radius 2 is 1.81 bits per heavy atom. The van der Waals surface area contributed by atoms with Crippen molar-refractivity contribution in [2.24, 2.45) is 16.0 Å². The van der Waals surface area contributed by atoms with E-state index in [0.717, 1.165) is 16.5 Å². The Morgan fingerprint density at radius 3 is 2.50 bits per heavy atom. The van der Waals surface area contributed by atoms with Crippen molar-refractivity contribution in [1.29, 1.82) is 0 Å². The number of benzene rings is 2. The molecule has 1 unspecified atom stereocenters. The molecule has 1 atom stereocenters. The molecule has 26 heavy (non-hydrogen) atoms. The van der Waals surface area contributed by atoms with Gasteiger partial charge in [-0.2, -0.15) is 5.10 Å². The van der Waals surface area contributed by atoms with Crippen LogP contribution in [-0.4, -0.2) is 20.8 Å². The van der Waals surface area contributed by atoms with E-state index in [0.29, 0.717) is 11.3 Å². The van der Waals surface area contributed by atoms with Crippen LogP contribution in [0, 0.1) is 5.82 Å². The molecule has 2 aromatic carbocycles. The highest BCUT2D eigenvalue weighted by molar-refractivity contribution is 7.92.